The molecule has 7 heteroatoms. The second kappa shape index (κ2) is 7.97. The van der Waals surface area contributed by atoms with Gasteiger partial charge in [0.2, 0.25) is 0 Å². The third-order valence-electron chi connectivity index (χ3n) is 3.87. The fraction of sp³-hybridized carbons (Fsp3) is 0.211. The van der Waals surface area contributed by atoms with Crippen molar-refractivity contribution < 1.29 is 4.79 Å². The Kier molecular flexibility index (Phi) is 5.48. The van der Waals surface area contributed by atoms with Gasteiger partial charge in [0.25, 0.3) is 11.5 Å². The van der Waals surface area contributed by atoms with Crippen LogP contribution in [0.3, 0.4) is 0 Å². The van der Waals surface area contributed by atoms with Crippen molar-refractivity contribution in [2.45, 2.75) is 6.54 Å². The van der Waals surface area contributed by atoms with Gasteiger partial charge in [-0.2, -0.15) is 5.10 Å². The smallest absolute Gasteiger partial charge is 0.266 e. The molecule has 0 aliphatic rings. The average molecular weight is 368 g/mol. The number of benzene rings is 1. The molecule has 1 amide bonds. The van der Waals surface area contributed by atoms with Gasteiger partial charge in [-0.1, -0.05) is 12.1 Å². The van der Waals surface area contributed by atoms with E-state index in [1.165, 1.54) is 10.7 Å². The van der Waals surface area contributed by atoms with E-state index in [1.54, 1.807) is 23.5 Å². The van der Waals surface area contributed by atoms with Crippen molar-refractivity contribution in [2.75, 3.05) is 25.5 Å². The summed E-state index contributed by atoms with van der Waals surface area (Å²) < 4.78 is 1.38. The lowest BCUT2D eigenvalue weighted by Gasteiger charge is -2.13. The van der Waals surface area contributed by atoms with E-state index in [-0.39, 0.29) is 11.5 Å². The third-order valence-corrected chi connectivity index (χ3v) is 4.77. The molecule has 0 radical (unpaired) electrons. The van der Waals surface area contributed by atoms with E-state index in [2.05, 4.69) is 10.4 Å². The van der Waals surface area contributed by atoms with Crippen molar-refractivity contribution in [1.29, 1.82) is 0 Å². The van der Waals surface area contributed by atoms with Gasteiger partial charge in [0.1, 0.15) is 5.69 Å². The molecule has 1 aromatic carbocycles. The van der Waals surface area contributed by atoms with Crippen LogP contribution >= 0.6 is 11.3 Å². The Morgan fingerprint density at radius 3 is 2.77 bits per heavy atom. The molecule has 134 valence electrons. The summed E-state index contributed by atoms with van der Waals surface area (Å²) in [5, 5.41) is 9.19. The second-order valence-electron chi connectivity index (χ2n) is 5.96. The zero-order valence-electron chi connectivity index (χ0n) is 14.7. The first-order valence-corrected chi connectivity index (χ1v) is 9.10. The predicted molar refractivity (Wildman–Crippen MR) is 105 cm³/mol. The number of carbonyl (C=O) groups excluding carboxylic acids is 1. The highest BCUT2D eigenvalue weighted by Crippen LogP contribution is 2.21. The van der Waals surface area contributed by atoms with Crippen LogP contribution in [0.4, 0.5) is 5.69 Å². The predicted octanol–water partition coefficient (Wildman–Crippen LogP) is 2.47. The Morgan fingerprint density at radius 2 is 2.04 bits per heavy atom. The molecule has 0 bridgehead atoms. The van der Waals surface area contributed by atoms with Crippen LogP contribution in [0.25, 0.3) is 10.6 Å². The number of nitrogens with zero attached hydrogens (tertiary/aromatic N) is 3. The third kappa shape index (κ3) is 4.18. The summed E-state index contributed by atoms with van der Waals surface area (Å²) in [6, 6.07) is 14.5. The Balaban J connectivity index is 1.65. The SMILES string of the molecule is CN(C)c1cccc(C(=O)NCCn2nc(-c3cccs3)ccc2=O)c1. The van der Waals surface area contributed by atoms with Gasteiger partial charge >= 0.3 is 0 Å². The van der Waals surface area contributed by atoms with Crippen LogP contribution in [-0.4, -0.2) is 36.3 Å². The lowest BCUT2D eigenvalue weighted by Crippen LogP contribution is -2.32. The summed E-state index contributed by atoms with van der Waals surface area (Å²) >= 11 is 1.57. The molecule has 2 heterocycles. The molecular weight excluding hydrogens is 348 g/mol. The highest BCUT2D eigenvalue weighted by atomic mass is 32.1. The summed E-state index contributed by atoms with van der Waals surface area (Å²) in [5.41, 5.74) is 2.11. The van der Waals surface area contributed by atoms with E-state index in [1.807, 2.05) is 54.7 Å². The van der Waals surface area contributed by atoms with Crippen LogP contribution in [0.2, 0.25) is 0 Å². The molecule has 0 spiro atoms. The molecular formula is C19H20N4O2S. The van der Waals surface area contributed by atoms with Gasteiger partial charge in [-0.25, -0.2) is 4.68 Å². The minimum atomic E-state index is -0.186. The monoisotopic (exact) mass is 368 g/mol. The van der Waals surface area contributed by atoms with E-state index in [9.17, 15) is 9.59 Å². The maximum absolute atomic E-state index is 12.3. The minimum Gasteiger partial charge on any atom is -0.378 e. The van der Waals surface area contributed by atoms with E-state index in [0.717, 1.165) is 16.3 Å². The fourth-order valence-corrected chi connectivity index (χ4v) is 3.16. The molecule has 2 aromatic heterocycles. The summed E-state index contributed by atoms with van der Waals surface area (Å²) in [4.78, 5) is 27.2. The Labute approximate surface area is 155 Å². The first-order valence-electron chi connectivity index (χ1n) is 8.22. The molecule has 6 nitrogen and oxygen atoms in total. The minimum absolute atomic E-state index is 0.170. The number of nitrogens with one attached hydrogen (secondary N) is 1. The Hall–Kier alpha value is -2.93. The number of amides is 1. The van der Waals surface area contributed by atoms with Crippen LogP contribution < -0.4 is 15.8 Å². The number of thiophene rings is 1. The van der Waals surface area contributed by atoms with Gasteiger partial charge in [0.15, 0.2) is 0 Å². The van der Waals surface area contributed by atoms with E-state index in [4.69, 9.17) is 0 Å². The number of aromatic nitrogens is 2. The lowest BCUT2D eigenvalue weighted by atomic mass is 10.2. The molecule has 0 aliphatic carbocycles. The molecule has 0 saturated heterocycles. The zero-order valence-corrected chi connectivity index (χ0v) is 15.5. The van der Waals surface area contributed by atoms with Crippen LogP contribution in [-0.2, 0) is 6.54 Å². The zero-order chi connectivity index (χ0) is 18.5. The van der Waals surface area contributed by atoms with Gasteiger partial charge < -0.3 is 10.2 Å². The van der Waals surface area contributed by atoms with Crippen molar-refractivity contribution in [1.82, 2.24) is 15.1 Å². The Bertz CT molecular complexity index is 948. The molecule has 3 rings (SSSR count). The molecule has 0 unspecified atom stereocenters. The summed E-state index contributed by atoms with van der Waals surface area (Å²) in [5.74, 6) is -0.170. The van der Waals surface area contributed by atoms with Crippen molar-refractivity contribution in [2.24, 2.45) is 0 Å². The quantitative estimate of drug-likeness (QED) is 0.726. The Morgan fingerprint density at radius 1 is 1.19 bits per heavy atom. The normalized spacial score (nSPS) is 10.5. The average Bonchev–Trinajstić information content (AvgIpc) is 3.18. The van der Waals surface area contributed by atoms with Crippen molar-refractivity contribution in [3.8, 4) is 10.6 Å². The number of hydrogen-bond acceptors (Lipinski definition) is 5. The molecule has 1 N–H and O–H groups in total. The largest absolute Gasteiger partial charge is 0.378 e. The summed E-state index contributed by atoms with van der Waals surface area (Å²) in [6.45, 7) is 0.642. The van der Waals surface area contributed by atoms with Crippen molar-refractivity contribution in [3.63, 3.8) is 0 Å². The first-order chi connectivity index (χ1) is 12.5. The highest BCUT2D eigenvalue weighted by molar-refractivity contribution is 7.13. The maximum Gasteiger partial charge on any atom is 0.266 e. The van der Waals surface area contributed by atoms with Crippen LogP contribution in [0.5, 0.6) is 0 Å². The van der Waals surface area contributed by atoms with Gasteiger partial charge in [-0.05, 0) is 35.7 Å². The van der Waals surface area contributed by atoms with Crippen LogP contribution in [0.15, 0.2) is 58.7 Å². The molecule has 0 fully saturated rings. The van der Waals surface area contributed by atoms with Gasteiger partial charge in [0, 0.05) is 38.0 Å². The maximum atomic E-state index is 12.3. The van der Waals surface area contributed by atoms with Crippen LogP contribution in [0.1, 0.15) is 10.4 Å². The summed E-state index contributed by atoms with van der Waals surface area (Å²) in [6.07, 6.45) is 0. The molecule has 0 saturated carbocycles. The topological polar surface area (TPSA) is 67.2 Å². The van der Waals surface area contributed by atoms with Gasteiger partial charge in [0.05, 0.1) is 11.4 Å². The molecule has 0 aliphatic heterocycles. The van der Waals surface area contributed by atoms with Crippen LogP contribution in [0, 0.1) is 0 Å². The number of anilines is 1. The molecule has 0 atom stereocenters. The number of hydrogen-bond donors (Lipinski definition) is 1. The second-order valence-corrected chi connectivity index (χ2v) is 6.91. The lowest BCUT2D eigenvalue weighted by molar-refractivity contribution is 0.0952. The fourth-order valence-electron chi connectivity index (χ4n) is 2.47. The van der Waals surface area contributed by atoms with Gasteiger partial charge in [-0.15, -0.1) is 11.3 Å². The molecule has 3 aromatic rings. The van der Waals surface area contributed by atoms with Gasteiger partial charge in [-0.3, -0.25) is 9.59 Å². The number of rotatable bonds is 6. The van der Waals surface area contributed by atoms with Crippen molar-refractivity contribution in [3.05, 3.63) is 69.8 Å². The highest BCUT2D eigenvalue weighted by Gasteiger charge is 2.08. The van der Waals surface area contributed by atoms with E-state index < -0.39 is 0 Å². The van der Waals surface area contributed by atoms with Crippen molar-refractivity contribution >= 4 is 22.9 Å². The van der Waals surface area contributed by atoms with E-state index in [0.29, 0.717) is 18.7 Å². The number of carbonyl (C=O) groups is 1. The first kappa shape index (κ1) is 17.9. The van der Waals surface area contributed by atoms with E-state index >= 15 is 0 Å². The standard InChI is InChI=1S/C19H20N4O2S/c1-22(2)15-6-3-5-14(13-15)19(25)20-10-11-23-18(24)9-8-16(21-23)17-7-4-12-26-17/h3-9,12-13H,10-11H2,1-2H3,(H,20,25). The molecule has 26 heavy (non-hydrogen) atoms. The summed E-state index contributed by atoms with van der Waals surface area (Å²) in [7, 11) is 3.85.